The molecule has 0 spiro atoms. The number of rotatable bonds is 8. The number of likely N-dealkylation sites (N-methyl/N-ethyl adjacent to an activating group) is 1. The molecule has 0 saturated carbocycles. The van der Waals surface area contributed by atoms with E-state index in [4.69, 9.17) is 9.47 Å². The molecule has 8 nitrogen and oxygen atoms in total. The molecule has 0 radical (unpaired) electrons. The molecule has 1 amide bonds. The van der Waals surface area contributed by atoms with Crippen molar-refractivity contribution in [3.8, 4) is 17.2 Å². The van der Waals surface area contributed by atoms with Gasteiger partial charge in [-0.3, -0.25) is 4.79 Å². The van der Waals surface area contributed by atoms with Gasteiger partial charge >= 0.3 is 6.61 Å². The second-order valence-electron chi connectivity index (χ2n) is 5.67. The van der Waals surface area contributed by atoms with Crippen LogP contribution in [-0.4, -0.2) is 57.4 Å². The molecule has 1 aromatic carbocycles. The molecule has 1 aromatic rings. The minimum absolute atomic E-state index is 0.0104. The Morgan fingerprint density at radius 2 is 2.07 bits per heavy atom. The standard InChI is InChI=1S/C17H22F2N4O4/c1-4-5-20-17(22-9-15(24)23(2)3)21-8-11-6-13-14(26-10-25-13)7-12(11)27-16(18)19/h4,6-7,16H,1,5,8-10H2,2-3H3,(H2,20,21,22). The van der Waals surface area contributed by atoms with Crippen molar-refractivity contribution in [3.05, 3.63) is 30.4 Å². The number of hydrogen-bond donors (Lipinski definition) is 2. The average Bonchev–Trinajstić information content (AvgIpc) is 3.07. The highest BCUT2D eigenvalue weighted by Gasteiger charge is 2.20. The fourth-order valence-electron chi connectivity index (χ4n) is 2.12. The number of nitrogens with zero attached hydrogens (tertiary/aromatic N) is 2. The average molecular weight is 384 g/mol. The molecule has 0 fully saturated rings. The monoisotopic (exact) mass is 384 g/mol. The lowest BCUT2D eigenvalue weighted by molar-refractivity contribution is -0.127. The van der Waals surface area contributed by atoms with Gasteiger partial charge in [-0.05, 0) is 6.07 Å². The quantitative estimate of drug-likeness (QED) is 0.400. The third-order valence-electron chi connectivity index (χ3n) is 3.50. The molecule has 0 bridgehead atoms. The fraction of sp³-hybridized carbons (Fsp3) is 0.412. The van der Waals surface area contributed by atoms with Gasteiger partial charge in [0.25, 0.3) is 0 Å². The molecular weight excluding hydrogens is 362 g/mol. The summed E-state index contributed by atoms with van der Waals surface area (Å²) >= 11 is 0. The summed E-state index contributed by atoms with van der Waals surface area (Å²) in [4.78, 5) is 17.5. The van der Waals surface area contributed by atoms with E-state index >= 15 is 0 Å². The minimum atomic E-state index is -2.98. The van der Waals surface area contributed by atoms with Gasteiger partial charge in [-0.25, -0.2) is 4.99 Å². The Morgan fingerprint density at radius 3 is 2.70 bits per heavy atom. The first kappa shape index (κ1) is 20.3. The number of carbonyl (C=O) groups is 1. The highest BCUT2D eigenvalue weighted by Crippen LogP contribution is 2.38. The number of amides is 1. The molecule has 0 atom stereocenters. The summed E-state index contributed by atoms with van der Waals surface area (Å²) in [5.41, 5.74) is 0.387. The Morgan fingerprint density at radius 1 is 1.37 bits per heavy atom. The molecule has 0 aromatic heterocycles. The predicted octanol–water partition coefficient (Wildman–Crippen LogP) is 1.33. The van der Waals surface area contributed by atoms with Crippen LogP contribution in [0.15, 0.2) is 29.8 Å². The van der Waals surface area contributed by atoms with Gasteiger partial charge in [0.05, 0.1) is 13.1 Å². The van der Waals surface area contributed by atoms with Crippen molar-refractivity contribution in [1.29, 1.82) is 0 Å². The first-order chi connectivity index (χ1) is 12.9. The number of ether oxygens (including phenoxy) is 3. The summed E-state index contributed by atoms with van der Waals surface area (Å²) < 4.78 is 40.4. The lowest BCUT2D eigenvalue weighted by Crippen LogP contribution is -2.43. The molecule has 0 saturated heterocycles. The van der Waals surface area contributed by atoms with Crippen LogP contribution < -0.4 is 24.8 Å². The summed E-state index contributed by atoms with van der Waals surface area (Å²) in [5, 5.41) is 5.83. The Hall–Kier alpha value is -3.04. The largest absolute Gasteiger partial charge is 0.454 e. The molecule has 2 N–H and O–H groups in total. The fourth-order valence-corrected chi connectivity index (χ4v) is 2.12. The van der Waals surface area contributed by atoms with Crippen molar-refractivity contribution in [2.45, 2.75) is 13.2 Å². The van der Waals surface area contributed by atoms with Crippen molar-refractivity contribution in [3.63, 3.8) is 0 Å². The number of fused-ring (bicyclic) bond motifs is 1. The Bertz CT molecular complexity index is 710. The molecular formula is C17H22F2N4O4. The Labute approximate surface area is 155 Å². The Kier molecular flexibility index (Phi) is 7.21. The molecule has 2 rings (SSSR count). The second kappa shape index (κ2) is 9.60. The van der Waals surface area contributed by atoms with Crippen LogP contribution in [0.2, 0.25) is 0 Å². The van der Waals surface area contributed by atoms with Crippen LogP contribution in [0.5, 0.6) is 17.2 Å². The van der Waals surface area contributed by atoms with E-state index in [-0.39, 0.29) is 31.5 Å². The van der Waals surface area contributed by atoms with Gasteiger partial charge < -0.3 is 29.7 Å². The van der Waals surface area contributed by atoms with Crippen molar-refractivity contribution in [1.82, 2.24) is 15.5 Å². The minimum Gasteiger partial charge on any atom is -0.454 e. The van der Waals surface area contributed by atoms with Crippen molar-refractivity contribution >= 4 is 11.9 Å². The van der Waals surface area contributed by atoms with E-state index < -0.39 is 6.61 Å². The van der Waals surface area contributed by atoms with Crippen LogP contribution in [0.1, 0.15) is 5.56 Å². The first-order valence-electron chi connectivity index (χ1n) is 8.11. The molecule has 10 heteroatoms. The van der Waals surface area contributed by atoms with Gasteiger partial charge in [-0.1, -0.05) is 6.08 Å². The number of aliphatic imine (C=N–C) groups is 1. The van der Waals surface area contributed by atoms with Crippen LogP contribution >= 0.6 is 0 Å². The summed E-state index contributed by atoms with van der Waals surface area (Å²) in [6.45, 7) is 1.08. The maximum atomic E-state index is 12.7. The topological polar surface area (TPSA) is 84.4 Å². The molecule has 148 valence electrons. The normalized spacial score (nSPS) is 12.7. The van der Waals surface area contributed by atoms with Crippen molar-refractivity contribution in [2.24, 2.45) is 4.99 Å². The maximum Gasteiger partial charge on any atom is 0.387 e. The van der Waals surface area contributed by atoms with E-state index in [1.54, 1.807) is 26.2 Å². The van der Waals surface area contributed by atoms with Crippen molar-refractivity contribution in [2.75, 3.05) is 34.0 Å². The van der Waals surface area contributed by atoms with Crippen LogP contribution in [-0.2, 0) is 11.3 Å². The van der Waals surface area contributed by atoms with Gasteiger partial charge in [0, 0.05) is 32.3 Å². The summed E-state index contributed by atoms with van der Waals surface area (Å²) in [6, 6.07) is 2.89. The van der Waals surface area contributed by atoms with E-state index in [0.29, 0.717) is 29.6 Å². The van der Waals surface area contributed by atoms with E-state index in [1.165, 1.54) is 11.0 Å². The van der Waals surface area contributed by atoms with E-state index in [9.17, 15) is 13.6 Å². The smallest absolute Gasteiger partial charge is 0.387 e. The lowest BCUT2D eigenvalue weighted by atomic mass is 10.1. The van der Waals surface area contributed by atoms with E-state index in [0.717, 1.165) is 0 Å². The van der Waals surface area contributed by atoms with Crippen molar-refractivity contribution < 1.29 is 27.8 Å². The number of hydrogen-bond acceptors (Lipinski definition) is 5. The highest BCUT2D eigenvalue weighted by molar-refractivity contribution is 5.86. The molecule has 27 heavy (non-hydrogen) atoms. The van der Waals surface area contributed by atoms with Gasteiger partial charge in [-0.2, -0.15) is 8.78 Å². The molecule has 1 aliphatic heterocycles. The highest BCUT2D eigenvalue weighted by atomic mass is 19.3. The van der Waals surface area contributed by atoms with Crippen LogP contribution in [0.4, 0.5) is 8.78 Å². The third kappa shape index (κ3) is 6.01. The van der Waals surface area contributed by atoms with Gasteiger partial charge in [0.1, 0.15) is 5.75 Å². The second-order valence-corrected chi connectivity index (χ2v) is 5.67. The van der Waals surface area contributed by atoms with Crippen LogP contribution in [0.25, 0.3) is 0 Å². The number of guanidine groups is 1. The molecule has 0 unspecified atom stereocenters. The third-order valence-corrected chi connectivity index (χ3v) is 3.50. The van der Waals surface area contributed by atoms with Crippen LogP contribution in [0, 0.1) is 0 Å². The first-order valence-corrected chi connectivity index (χ1v) is 8.11. The van der Waals surface area contributed by atoms with Gasteiger partial charge in [-0.15, -0.1) is 6.58 Å². The van der Waals surface area contributed by atoms with Gasteiger partial charge in [0.15, 0.2) is 17.5 Å². The van der Waals surface area contributed by atoms with E-state index in [2.05, 4.69) is 26.9 Å². The lowest BCUT2D eigenvalue weighted by Gasteiger charge is -2.15. The van der Waals surface area contributed by atoms with Crippen LogP contribution in [0.3, 0.4) is 0 Å². The number of carbonyl (C=O) groups excluding carboxylic acids is 1. The van der Waals surface area contributed by atoms with E-state index in [1.807, 2.05) is 0 Å². The van der Waals surface area contributed by atoms with Gasteiger partial charge in [0.2, 0.25) is 12.7 Å². The SMILES string of the molecule is C=CCNC(=NCc1cc2c(cc1OC(F)F)OCO2)NCC(=O)N(C)C. The zero-order chi connectivity index (χ0) is 19.8. The predicted molar refractivity (Wildman–Crippen MR) is 95.2 cm³/mol. The molecule has 1 aliphatic rings. The number of alkyl halides is 2. The summed E-state index contributed by atoms with van der Waals surface area (Å²) in [7, 11) is 3.27. The number of halogens is 2. The molecule has 0 aliphatic carbocycles. The zero-order valence-corrected chi connectivity index (χ0v) is 15.1. The number of nitrogens with one attached hydrogen (secondary N) is 2. The molecule has 1 heterocycles. The summed E-state index contributed by atoms with van der Waals surface area (Å²) in [5.74, 6) is 0.889. The zero-order valence-electron chi connectivity index (χ0n) is 15.1. The Balaban J connectivity index is 2.17. The number of benzene rings is 1. The maximum absolute atomic E-state index is 12.7. The summed E-state index contributed by atoms with van der Waals surface area (Å²) in [6.07, 6.45) is 1.62.